The summed E-state index contributed by atoms with van der Waals surface area (Å²) >= 11 is 0. The van der Waals surface area contributed by atoms with E-state index in [0.717, 1.165) is 31.7 Å². The molecule has 1 aliphatic heterocycles. The molecule has 2 N–H and O–H groups in total. The third-order valence-corrected chi connectivity index (χ3v) is 6.60. The van der Waals surface area contributed by atoms with E-state index in [1.54, 1.807) is 7.11 Å². The first-order chi connectivity index (χ1) is 15.5. The van der Waals surface area contributed by atoms with Gasteiger partial charge in [-0.3, -0.25) is 4.57 Å². The van der Waals surface area contributed by atoms with E-state index in [0.29, 0.717) is 41.7 Å². The number of ether oxygens (including phenoxy) is 2. The number of nitrogens with two attached hydrogens (primary N) is 1. The largest absolute Gasteiger partial charge is 0.468 e. The van der Waals surface area contributed by atoms with Gasteiger partial charge in [-0.2, -0.15) is 15.0 Å². The number of hydrogen-bond acceptors (Lipinski definition) is 7. The molecule has 0 aliphatic carbocycles. The fraction of sp³-hybridized carbons (Fsp3) is 0.792. The lowest BCUT2D eigenvalue weighted by molar-refractivity contribution is 0.144. The van der Waals surface area contributed by atoms with Gasteiger partial charge in [-0.15, -0.1) is 0 Å². The quantitative estimate of drug-likeness (QED) is 0.447. The smallest absolute Gasteiger partial charge is 0.320 e. The monoisotopic (exact) mass is 446 g/mol. The number of likely N-dealkylation sites (tertiary alicyclic amines) is 1. The van der Waals surface area contributed by atoms with Crippen molar-refractivity contribution in [1.82, 2.24) is 24.4 Å². The van der Waals surface area contributed by atoms with Gasteiger partial charge in [0, 0.05) is 12.6 Å². The number of methoxy groups -OCH3 is 1. The molecule has 0 spiro atoms. The van der Waals surface area contributed by atoms with E-state index >= 15 is 0 Å². The Balaban J connectivity index is 1.47. The average molecular weight is 447 g/mol. The van der Waals surface area contributed by atoms with Crippen molar-refractivity contribution in [2.45, 2.75) is 91.1 Å². The molecule has 0 amide bonds. The maximum Gasteiger partial charge on any atom is 0.320 e. The van der Waals surface area contributed by atoms with Gasteiger partial charge < -0.3 is 20.1 Å². The first-order valence-corrected chi connectivity index (χ1v) is 12.5. The van der Waals surface area contributed by atoms with Crippen molar-refractivity contribution in [3.63, 3.8) is 0 Å². The molecular weight excluding hydrogens is 404 g/mol. The Hall–Kier alpha value is -2.09. The van der Waals surface area contributed by atoms with Crippen molar-refractivity contribution in [3.8, 4) is 12.0 Å². The fourth-order valence-electron chi connectivity index (χ4n) is 4.53. The van der Waals surface area contributed by atoms with E-state index in [4.69, 9.17) is 15.2 Å². The summed E-state index contributed by atoms with van der Waals surface area (Å²) in [6, 6.07) is 1.53. The van der Waals surface area contributed by atoms with Gasteiger partial charge in [-0.1, -0.05) is 39.0 Å². The van der Waals surface area contributed by atoms with Gasteiger partial charge in [-0.25, -0.2) is 0 Å². The van der Waals surface area contributed by atoms with E-state index in [2.05, 4.69) is 40.6 Å². The van der Waals surface area contributed by atoms with Gasteiger partial charge >= 0.3 is 6.01 Å². The van der Waals surface area contributed by atoms with Crippen LogP contribution in [0.25, 0.3) is 11.2 Å². The van der Waals surface area contributed by atoms with Crippen LogP contribution in [0.3, 0.4) is 0 Å². The maximum absolute atomic E-state index is 6.12. The topological polar surface area (TPSA) is 91.3 Å². The van der Waals surface area contributed by atoms with Crippen molar-refractivity contribution in [1.29, 1.82) is 0 Å². The molecular formula is C24H42N6O2. The molecule has 0 radical (unpaired) electrons. The molecule has 0 bridgehead atoms. The van der Waals surface area contributed by atoms with E-state index < -0.39 is 0 Å². The summed E-state index contributed by atoms with van der Waals surface area (Å²) in [5.41, 5.74) is 7.40. The van der Waals surface area contributed by atoms with Crippen LogP contribution >= 0.6 is 0 Å². The zero-order chi connectivity index (χ0) is 22.9. The molecule has 1 saturated heterocycles. The second kappa shape index (κ2) is 12.2. The first kappa shape index (κ1) is 24.6. The molecule has 2 aromatic rings. The van der Waals surface area contributed by atoms with Crippen LogP contribution in [0.5, 0.6) is 12.0 Å². The molecule has 180 valence electrons. The standard InChI is InChI=1S/C24H42N6O2/c1-5-6-17-32-23-27-21(25)20-22(28-23)30(24(26-20)31-4)14-10-8-7-9-11-19-12-15-29(16-13-19)18(2)3/h18-19H,5-17H2,1-4H3,(H2,25,27,28). The van der Waals surface area contributed by atoms with Gasteiger partial charge in [0.1, 0.15) is 0 Å². The third-order valence-electron chi connectivity index (χ3n) is 6.60. The number of nitrogens with zero attached hydrogens (tertiary/aromatic N) is 5. The summed E-state index contributed by atoms with van der Waals surface area (Å²) in [6.07, 6.45) is 10.9. The molecule has 3 heterocycles. The molecule has 2 aromatic heterocycles. The van der Waals surface area contributed by atoms with Crippen LogP contribution in [0.4, 0.5) is 5.82 Å². The molecule has 32 heavy (non-hydrogen) atoms. The zero-order valence-electron chi connectivity index (χ0n) is 20.5. The van der Waals surface area contributed by atoms with Crippen LogP contribution < -0.4 is 15.2 Å². The molecule has 0 unspecified atom stereocenters. The molecule has 0 atom stereocenters. The lowest BCUT2D eigenvalue weighted by atomic mass is 9.90. The van der Waals surface area contributed by atoms with Crippen LogP contribution in [0.1, 0.15) is 78.6 Å². The van der Waals surface area contributed by atoms with Gasteiger partial charge in [0.05, 0.1) is 13.7 Å². The predicted molar refractivity (Wildman–Crippen MR) is 129 cm³/mol. The van der Waals surface area contributed by atoms with Crippen molar-refractivity contribution in [2.75, 3.05) is 32.5 Å². The first-order valence-electron chi connectivity index (χ1n) is 12.5. The van der Waals surface area contributed by atoms with Gasteiger partial charge in [0.2, 0.25) is 0 Å². The molecule has 1 aliphatic rings. The SMILES string of the molecule is CCCCOc1nc(N)c2nc(OC)n(CCCCCCC3CCN(C(C)C)CC3)c2n1. The van der Waals surface area contributed by atoms with E-state index in [1.165, 1.54) is 51.6 Å². The molecule has 1 fully saturated rings. The summed E-state index contributed by atoms with van der Waals surface area (Å²) in [4.78, 5) is 15.9. The van der Waals surface area contributed by atoms with Gasteiger partial charge in [0.25, 0.3) is 6.01 Å². The summed E-state index contributed by atoms with van der Waals surface area (Å²) in [5.74, 6) is 1.25. The maximum atomic E-state index is 6.12. The second-order valence-corrected chi connectivity index (χ2v) is 9.29. The number of imidazole rings is 1. The Morgan fingerprint density at radius 2 is 1.78 bits per heavy atom. The van der Waals surface area contributed by atoms with Crippen molar-refractivity contribution >= 4 is 17.0 Å². The lowest BCUT2D eigenvalue weighted by Gasteiger charge is -2.34. The number of nitrogen functional groups attached to an aromatic ring is 1. The Labute approximate surface area is 192 Å². The zero-order valence-corrected chi connectivity index (χ0v) is 20.5. The second-order valence-electron chi connectivity index (χ2n) is 9.29. The molecule has 0 aromatic carbocycles. The summed E-state index contributed by atoms with van der Waals surface area (Å²) < 4.78 is 13.2. The van der Waals surface area contributed by atoms with Gasteiger partial charge in [-0.05, 0) is 58.5 Å². The summed E-state index contributed by atoms with van der Waals surface area (Å²) in [7, 11) is 1.63. The number of aromatic nitrogens is 4. The number of fused-ring (bicyclic) bond motifs is 1. The highest BCUT2D eigenvalue weighted by Gasteiger charge is 2.20. The Kier molecular flexibility index (Phi) is 9.38. The van der Waals surface area contributed by atoms with E-state index in [-0.39, 0.29) is 0 Å². The Bertz CT molecular complexity index is 829. The molecule has 8 heteroatoms. The van der Waals surface area contributed by atoms with Crippen molar-refractivity contribution in [3.05, 3.63) is 0 Å². The highest BCUT2D eigenvalue weighted by molar-refractivity contribution is 5.83. The fourth-order valence-corrected chi connectivity index (χ4v) is 4.53. The Morgan fingerprint density at radius 3 is 2.47 bits per heavy atom. The number of aryl methyl sites for hydroxylation is 1. The third kappa shape index (κ3) is 6.47. The number of piperidine rings is 1. The lowest BCUT2D eigenvalue weighted by Crippen LogP contribution is -2.38. The number of unbranched alkanes of at least 4 members (excludes halogenated alkanes) is 4. The summed E-state index contributed by atoms with van der Waals surface area (Å²) in [5, 5.41) is 0. The minimum Gasteiger partial charge on any atom is -0.468 e. The van der Waals surface area contributed by atoms with Crippen molar-refractivity contribution < 1.29 is 9.47 Å². The van der Waals surface area contributed by atoms with Gasteiger partial charge in [0.15, 0.2) is 17.0 Å². The number of rotatable bonds is 13. The van der Waals surface area contributed by atoms with Crippen molar-refractivity contribution in [2.24, 2.45) is 5.92 Å². The number of hydrogen-bond donors (Lipinski definition) is 1. The molecule has 3 rings (SSSR count). The minimum atomic E-state index is 0.316. The van der Waals surface area contributed by atoms with Crippen LogP contribution in [0.2, 0.25) is 0 Å². The van der Waals surface area contributed by atoms with E-state index in [9.17, 15) is 0 Å². The van der Waals surface area contributed by atoms with Crippen LogP contribution in [0, 0.1) is 5.92 Å². The van der Waals surface area contributed by atoms with Crippen LogP contribution in [-0.2, 0) is 6.54 Å². The number of anilines is 1. The highest BCUT2D eigenvalue weighted by Crippen LogP contribution is 2.27. The minimum absolute atomic E-state index is 0.316. The van der Waals surface area contributed by atoms with E-state index in [1.807, 2.05) is 4.57 Å². The molecule has 0 saturated carbocycles. The predicted octanol–water partition coefficient (Wildman–Crippen LogP) is 4.67. The normalized spacial score (nSPS) is 15.7. The highest BCUT2D eigenvalue weighted by atomic mass is 16.5. The summed E-state index contributed by atoms with van der Waals surface area (Å²) in [6.45, 7) is 10.7. The molecule has 8 nitrogen and oxygen atoms in total. The van der Waals surface area contributed by atoms with Crippen LogP contribution in [-0.4, -0.2) is 57.3 Å². The van der Waals surface area contributed by atoms with Crippen LogP contribution in [0.15, 0.2) is 0 Å². The average Bonchev–Trinajstić information content (AvgIpc) is 3.15. The Morgan fingerprint density at radius 1 is 1.03 bits per heavy atom.